The first kappa shape index (κ1) is 12.1. The molecule has 0 aliphatic carbocycles. The van der Waals surface area contributed by atoms with E-state index in [1.54, 1.807) is 0 Å². The van der Waals surface area contributed by atoms with Gasteiger partial charge in [-0.3, -0.25) is 0 Å². The van der Waals surface area contributed by atoms with Crippen LogP contribution in [0.3, 0.4) is 0 Å². The van der Waals surface area contributed by atoms with E-state index < -0.39 is 0 Å². The molecule has 1 aromatic heterocycles. The predicted octanol–water partition coefficient (Wildman–Crippen LogP) is 0.412. The lowest BCUT2D eigenvalue weighted by Crippen LogP contribution is -2.12. The minimum absolute atomic E-state index is 0.0677. The SMILES string of the molecule is CCc1nc(CC)n(CCOCCO)n1. The average molecular weight is 213 g/mol. The Labute approximate surface area is 90.1 Å². The molecule has 1 N–H and O–H groups in total. The smallest absolute Gasteiger partial charge is 0.150 e. The molecule has 0 saturated carbocycles. The zero-order valence-corrected chi connectivity index (χ0v) is 9.44. The summed E-state index contributed by atoms with van der Waals surface area (Å²) in [6, 6.07) is 0. The highest BCUT2D eigenvalue weighted by Crippen LogP contribution is 2.00. The fraction of sp³-hybridized carbons (Fsp3) is 0.800. The molecule has 15 heavy (non-hydrogen) atoms. The molecule has 0 saturated heterocycles. The van der Waals surface area contributed by atoms with Crippen LogP contribution in [0.4, 0.5) is 0 Å². The molecule has 1 aromatic rings. The number of nitrogens with zero attached hydrogens (tertiary/aromatic N) is 3. The van der Waals surface area contributed by atoms with Gasteiger partial charge in [0.2, 0.25) is 0 Å². The van der Waals surface area contributed by atoms with Crippen molar-refractivity contribution in [2.24, 2.45) is 0 Å². The predicted molar refractivity (Wildman–Crippen MR) is 56.7 cm³/mol. The zero-order chi connectivity index (χ0) is 11.1. The lowest BCUT2D eigenvalue weighted by Gasteiger charge is -2.04. The third kappa shape index (κ3) is 3.60. The Morgan fingerprint density at radius 3 is 2.67 bits per heavy atom. The van der Waals surface area contributed by atoms with E-state index in [4.69, 9.17) is 9.84 Å². The highest BCUT2D eigenvalue weighted by Gasteiger charge is 2.06. The van der Waals surface area contributed by atoms with Gasteiger partial charge in [0.05, 0.1) is 26.4 Å². The number of aryl methyl sites for hydroxylation is 2. The molecular weight excluding hydrogens is 194 g/mol. The van der Waals surface area contributed by atoms with Gasteiger partial charge < -0.3 is 9.84 Å². The number of hydrogen-bond donors (Lipinski definition) is 1. The van der Waals surface area contributed by atoms with Crippen molar-refractivity contribution in [3.05, 3.63) is 11.6 Å². The molecule has 0 spiro atoms. The van der Waals surface area contributed by atoms with Gasteiger partial charge >= 0.3 is 0 Å². The Hall–Kier alpha value is -0.940. The van der Waals surface area contributed by atoms with Crippen LogP contribution in [-0.2, 0) is 24.1 Å². The summed E-state index contributed by atoms with van der Waals surface area (Å²) >= 11 is 0. The largest absolute Gasteiger partial charge is 0.394 e. The lowest BCUT2D eigenvalue weighted by atomic mass is 10.4. The lowest BCUT2D eigenvalue weighted by molar-refractivity contribution is 0.0849. The van der Waals surface area contributed by atoms with Crippen molar-refractivity contribution in [2.45, 2.75) is 33.2 Å². The molecule has 5 heteroatoms. The second-order valence-electron chi connectivity index (χ2n) is 3.21. The van der Waals surface area contributed by atoms with Gasteiger partial charge in [-0.15, -0.1) is 0 Å². The normalized spacial score (nSPS) is 10.9. The number of hydrogen-bond acceptors (Lipinski definition) is 4. The van der Waals surface area contributed by atoms with Gasteiger partial charge in [0.15, 0.2) is 5.82 Å². The zero-order valence-electron chi connectivity index (χ0n) is 9.44. The quantitative estimate of drug-likeness (QED) is 0.666. The molecule has 0 unspecified atom stereocenters. The van der Waals surface area contributed by atoms with Gasteiger partial charge in [-0.2, -0.15) is 5.10 Å². The molecule has 5 nitrogen and oxygen atoms in total. The second-order valence-corrected chi connectivity index (χ2v) is 3.21. The standard InChI is InChI=1S/C10H19N3O2/c1-3-9-11-10(4-2)13(12-9)5-7-15-8-6-14/h14H,3-8H2,1-2H3. The monoisotopic (exact) mass is 213 g/mol. The minimum atomic E-state index is 0.0677. The topological polar surface area (TPSA) is 60.2 Å². The number of ether oxygens (including phenoxy) is 1. The number of rotatable bonds is 7. The van der Waals surface area contributed by atoms with E-state index in [1.807, 2.05) is 11.6 Å². The fourth-order valence-corrected chi connectivity index (χ4v) is 1.33. The van der Waals surface area contributed by atoms with Gasteiger partial charge in [-0.25, -0.2) is 9.67 Å². The molecule has 86 valence electrons. The summed E-state index contributed by atoms with van der Waals surface area (Å²) in [6.07, 6.45) is 1.74. The van der Waals surface area contributed by atoms with Crippen LogP contribution in [0, 0.1) is 0 Å². The second kappa shape index (κ2) is 6.53. The third-order valence-electron chi connectivity index (χ3n) is 2.11. The highest BCUT2D eigenvalue weighted by atomic mass is 16.5. The molecule has 0 atom stereocenters. The molecule has 1 heterocycles. The maximum atomic E-state index is 8.55. The van der Waals surface area contributed by atoms with Gasteiger partial charge in [0.1, 0.15) is 5.82 Å². The first-order chi connectivity index (χ1) is 7.31. The molecule has 0 amide bonds. The van der Waals surface area contributed by atoms with Crippen LogP contribution in [0.1, 0.15) is 25.5 Å². The van der Waals surface area contributed by atoms with E-state index in [0.717, 1.165) is 24.5 Å². The summed E-state index contributed by atoms with van der Waals surface area (Å²) in [6.45, 7) is 5.83. The first-order valence-corrected chi connectivity index (χ1v) is 5.43. The van der Waals surface area contributed by atoms with E-state index >= 15 is 0 Å². The molecule has 0 aliphatic rings. The molecule has 0 radical (unpaired) electrons. The van der Waals surface area contributed by atoms with Crippen molar-refractivity contribution in [3.8, 4) is 0 Å². The van der Waals surface area contributed by atoms with E-state index in [1.165, 1.54) is 0 Å². The van der Waals surface area contributed by atoms with E-state index in [-0.39, 0.29) is 6.61 Å². The molecule has 0 fully saturated rings. The Kier molecular flexibility index (Phi) is 5.28. The maximum Gasteiger partial charge on any atom is 0.150 e. The average Bonchev–Trinajstić information content (AvgIpc) is 2.67. The van der Waals surface area contributed by atoms with Gasteiger partial charge in [0, 0.05) is 12.8 Å². The maximum absolute atomic E-state index is 8.55. The minimum Gasteiger partial charge on any atom is -0.394 e. The van der Waals surface area contributed by atoms with Crippen LogP contribution >= 0.6 is 0 Å². The van der Waals surface area contributed by atoms with Crippen molar-refractivity contribution >= 4 is 0 Å². The summed E-state index contributed by atoms with van der Waals surface area (Å²) in [4.78, 5) is 4.39. The van der Waals surface area contributed by atoms with Crippen LogP contribution in [-0.4, -0.2) is 39.7 Å². The van der Waals surface area contributed by atoms with Crippen LogP contribution in [0.5, 0.6) is 0 Å². The molecule has 0 aromatic carbocycles. The van der Waals surface area contributed by atoms with Crippen LogP contribution < -0.4 is 0 Å². The number of aliphatic hydroxyl groups is 1. The number of aromatic nitrogens is 3. The molecule has 1 rings (SSSR count). The van der Waals surface area contributed by atoms with Crippen molar-refractivity contribution in [3.63, 3.8) is 0 Å². The third-order valence-corrected chi connectivity index (χ3v) is 2.11. The van der Waals surface area contributed by atoms with Gasteiger partial charge in [-0.05, 0) is 0 Å². The Morgan fingerprint density at radius 1 is 1.27 bits per heavy atom. The summed E-state index contributed by atoms with van der Waals surface area (Å²) in [7, 11) is 0. The fourth-order valence-electron chi connectivity index (χ4n) is 1.33. The Morgan fingerprint density at radius 2 is 2.07 bits per heavy atom. The summed E-state index contributed by atoms with van der Waals surface area (Å²) in [5.74, 6) is 1.88. The van der Waals surface area contributed by atoms with Crippen LogP contribution in [0.25, 0.3) is 0 Å². The molecule has 0 aliphatic heterocycles. The van der Waals surface area contributed by atoms with Gasteiger partial charge in [0.25, 0.3) is 0 Å². The van der Waals surface area contributed by atoms with Crippen LogP contribution in [0.2, 0.25) is 0 Å². The van der Waals surface area contributed by atoms with E-state index in [0.29, 0.717) is 19.8 Å². The van der Waals surface area contributed by atoms with Crippen molar-refractivity contribution in [2.75, 3.05) is 19.8 Å². The van der Waals surface area contributed by atoms with Crippen molar-refractivity contribution in [1.29, 1.82) is 0 Å². The van der Waals surface area contributed by atoms with E-state index in [2.05, 4.69) is 17.0 Å². The number of aliphatic hydroxyl groups excluding tert-OH is 1. The summed E-state index contributed by atoms with van der Waals surface area (Å²) in [5.41, 5.74) is 0. The summed E-state index contributed by atoms with van der Waals surface area (Å²) in [5, 5.41) is 12.9. The molecular formula is C10H19N3O2. The Balaban J connectivity index is 2.47. The highest BCUT2D eigenvalue weighted by molar-refractivity contribution is 4.92. The van der Waals surface area contributed by atoms with Crippen LogP contribution in [0.15, 0.2) is 0 Å². The van der Waals surface area contributed by atoms with E-state index in [9.17, 15) is 0 Å². The van der Waals surface area contributed by atoms with Gasteiger partial charge in [-0.1, -0.05) is 13.8 Å². The Bertz CT molecular complexity index is 286. The molecule has 0 bridgehead atoms. The first-order valence-electron chi connectivity index (χ1n) is 5.43. The van der Waals surface area contributed by atoms with Crippen molar-refractivity contribution in [1.82, 2.24) is 14.8 Å². The summed E-state index contributed by atoms with van der Waals surface area (Å²) < 4.78 is 7.08. The van der Waals surface area contributed by atoms with Crippen molar-refractivity contribution < 1.29 is 9.84 Å².